The minimum absolute atomic E-state index is 0.169. The summed E-state index contributed by atoms with van der Waals surface area (Å²) in [5.41, 5.74) is 1.17. The van der Waals surface area contributed by atoms with Gasteiger partial charge in [-0.1, -0.05) is 15.9 Å². The molecule has 3 rings (SSSR count). The summed E-state index contributed by atoms with van der Waals surface area (Å²) in [6.45, 7) is 3.91. The first-order chi connectivity index (χ1) is 10.2. The number of aryl methyl sites for hydroxylation is 1. The maximum Gasteiger partial charge on any atom is 0.149 e. The van der Waals surface area contributed by atoms with Crippen LogP contribution < -0.4 is 10.1 Å². The van der Waals surface area contributed by atoms with E-state index in [0.717, 1.165) is 41.4 Å². The van der Waals surface area contributed by atoms with Gasteiger partial charge < -0.3 is 14.6 Å². The van der Waals surface area contributed by atoms with Crippen molar-refractivity contribution in [2.24, 2.45) is 0 Å². The van der Waals surface area contributed by atoms with Crippen LogP contribution in [0.3, 0.4) is 0 Å². The molecule has 1 aromatic carbocycles. The number of hydrogen-bond acceptors (Lipinski definition) is 4. The average molecular weight is 351 g/mol. The molecule has 0 amide bonds. The van der Waals surface area contributed by atoms with Crippen LogP contribution in [0, 0.1) is 0 Å². The molecule has 1 unspecified atom stereocenters. The number of ether oxygens (including phenoxy) is 1. The fourth-order valence-electron chi connectivity index (χ4n) is 2.66. The quantitative estimate of drug-likeness (QED) is 0.900. The Balaban J connectivity index is 1.69. The van der Waals surface area contributed by atoms with Crippen molar-refractivity contribution in [3.05, 3.63) is 39.9 Å². The third kappa shape index (κ3) is 2.96. The van der Waals surface area contributed by atoms with E-state index in [2.05, 4.69) is 42.9 Å². The highest BCUT2D eigenvalue weighted by atomic mass is 79.9. The third-order valence-electron chi connectivity index (χ3n) is 3.88. The van der Waals surface area contributed by atoms with Crippen molar-refractivity contribution in [3.8, 4) is 5.75 Å². The monoisotopic (exact) mass is 350 g/mol. The molecule has 21 heavy (non-hydrogen) atoms. The molecule has 0 radical (unpaired) electrons. The van der Waals surface area contributed by atoms with Crippen LogP contribution in [0.2, 0.25) is 0 Å². The Morgan fingerprint density at radius 2 is 2.29 bits per heavy atom. The summed E-state index contributed by atoms with van der Waals surface area (Å²) in [4.78, 5) is 0. The molecular formula is C15H19BrN4O. The summed E-state index contributed by atoms with van der Waals surface area (Å²) >= 11 is 3.58. The highest BCUT2D eigenvalue weighted by molar-refractivity contribution is 9.10. The maximum atomic E-state index is 5.27. The number of methoxy groups -OCH3 is 1. The predicted molar refractivity (Wildman–Crippen MR) is 84.3 cm³/mol. The lowest BCUT2D eigenvalue weighted by molar-refractivity contribution is 0.413. The topological polar surface area (TPSA) is 52.0 Å². The number of nitrogens with one attached hydrogen (secondary N) is 1. The van der Waals surface area contributed by atoms with Gasteiger partial charge in [-0.2, -0.15) is 0 Å². The van der Waals surface area contributed by atoms with E-state index in [1.807, 2.05) is 18.2 Å². The largest absolute Gasteiger partial charge is 0.497 e. The second-order valence-corrected chi connectivity index (χ2v) is 6.14. The number of nitrogens with zero attached hydrogens (tertiary/aromatic N) is 3. The summed E-state index contributed by atoms with van der Waals surface area (Å²) < 4.78 is 8.59. The summed E-state index contributed by atoms with van der Waals surface area (Å²) in [6.07, 6.45) is 2.22. The van der Waals surface area contributed by atoms with E-state index in [1.165, 1.54) is 12.0 Å². The molecule has 0 spiro atoms. The molecule has 2 heterocycles. The van der Waals surface area contributed by atoms with Gasteiger partial charge in [0.1, 0.15) is 17.4 Å². The normalized spacial score (nSPS) is 15.0. The molecule has 2 aromatic rings. The van der Waals surface area contributed by atoms with Gasteiger partial charge >= 0.3 is 0 Å². The summed E-state index contributed by atoms with van der Waals surface area (Å²) in [6, 6.07) is 6.16. The van der Waals surface area contributed by atoms with Gasteiger partial charge in [0, 0.05) is 24.0 Å². The van der Waals surface area contributed by atoms with Crippen molar-refractivity contribution < 1.29 is 4.74 Å². The zero-order valence-corrected chi connectivity index (χ0v) is 13.9. The van der Waals surface area contributed by atoms with Crippen molar-refractivity contribution >= 4 is 15.9 Å². The second-order valence-electron chi connectivity index (χ2n) is 5.29. The summed E-state index contributed by atoms with van der Waals surface area (Å²) in [5, 5.41) is 12.1. The van der Waals surface area contributed by atoms with Crippen molar-refractivity contribution in [2.75, 3.05) is 7.11 Å². The molecule has 0 saturated heterocycles. The zero-order chi connectivity index (χ0) is 14.8. The van der Waals surface area contributed by atoms with Crippen LogP contribution in [0.1, 0.15) is 36.6 Å². The Labute approximate surface area is 132 Å². The van der Waals surface area contributed by atoms with Crippen molar-refractivity contribution in [1.82, 2.24) is 20.1 Å². The molecule has 1 atom stereocenters. The lowest BCUT2D eigenvalue weighted by Crippen LogP contribution is -2.21. The van der Waals surface area contributed by atoms with E-state index in [-0.39, 0.29) is 6.04 Å². The van der Waals surface area contributed by atoms with E-state index < -0.39 is 0 Å². The van der Waals surface area contributed by atoms with Crippen LogP contribution in [0.4, 0.5) is 0 Å². The van der Waals surface area contributed by atoms with Crippen LogP contribution >= 0.6 is 15.9 Å². The van der Waals surface area contributed by atoms with Gasteiger partial charge in [0.2, 0.25) is 0 Å². The lowest BCUT2D eigenvalue weighted by atomic mass is 10.2. The highest BCUT2D eigenvalue weighted by Crippen LogP contribution is 2.24. The third-order valence-corrected chi connectivity index (χ3v) is 4.65. The lowest BCUT2D eigenvalue weighted by Gasteiger charge is -2.15. The molecule has 0 fully saturated rings. The first-order valence-corrected chi connectivity index (χ1v) is 7.96. The Bertz CT molecular complexity index is 641. The molecule has 5 nitrogen and oxygen atoms in total. The minimum Gasteiger partial charge on any atom is -0.497 e. The smallest absolute Gasteiger partial charge is 0.149 e. The van der Waals surface area contributed by atoms with Crippen LogP contribution in [0.25, 0.3) is 0 Å². The molecule has 1 aliphatic heterocycles. The number of rotatable bonds is 5. The number of fused-ring (bicyclic) bond motifs is 1. The van der Waals surface area contributed by atoms with E-state index in [0.29, 0.717) is 0 Å². The highest BCUT2D eigenvalue weighted by Gasteiger charge is 2.21. The van der Waals surface area contributed by atoms with Crippen LogP contribution in [-0.2, 0) is 19.5 Å². The van der Waals surface area contributed by atoms with Gasteiger partial charge in [-0.15, -0.1) is 10.2 Å². The number of benzene rings is 1. The van der Waals surface area contributed by atoms with Crippen molar-refractivity contribution in [3.63, 3.8) is 0 Å². The Kier molecular flexibility index (Phi) is 4.26. The van der Waals surface area contributed by atoms with Gasteiger partial charge in [-0.25, -0.2) is 0 Å². The van der Waals surface area contributed by atoms with Gasteiger partial charge in [0.25, 0.3) is 0 Å². The molecule has 112 valence electrons. The molecule has 1 N–H and O–H groups in total. The fourth-order valence-corrected chi connectivity index (χ4v) is 3.05. The van der Waals surface area contributed by atoms with Crippen molar-refractivity contribution in [1.29, 1.82) is 0 Å². The van der Waals surface area contributed by atoms with Crippen LogP contribution in [-0.4, -0.2) is 21.9 Å². The number of halogens is 1. The minimum atomic E-state index is 0.169. The number of hydrogen-bond donors (Lipinski definition) is 1. The molecule has 0 bridgehead atoms. The van der Waals surface area contributed by atoms with Crippen LogP contribution in [0.5, 0.6) is 5.75 Å². The van der Waals surface area contributed by atoms with Gasteiger partial charge in [-0.3, -0.25) is 0 Å². The Morgan fingerprint density at radius 3 is 3.10 bits per heavy atom. The zero-order valence-electron chi connectivity index (χ0n) is 12.3. The number of aromatic nitrogens is 3. The molecular weight excluding hydrogens is 332 g/mol. The Hall–Kier alpha value is -1.40. The van der Waals surface area contributed by atoms with E-state index in [1.54, 1.807) is 7.11 Å². The molecule has 1 aliphatic rings. The standard InChI is InChI=1S/C15H19BrN4O/c1-10(15-19-18-14-4-3-7-20(14)15)17-9-11-8-12(21-2)5-6-13(11)16/h5-6,8,10,17H,3-4,7,9H2,1-2H3. The first-order valence-electron chi connectivity index (χ1n) is 7.17. The van der Waals surface area contributed by atoms with E-state index >= 15 is 0 Å². The summed E-state index contributed by atoms with van der Waals surface area (Å²) in [5.74, 6) is 3.01. The van der Waals surface area contributed by atoms with Gasteiger partial charge in [0.05, 0.1) is 13.2 Å². The molecule has 0 aliphatic carbocycles. The van der Waals surface area contributed by atoms with E-state index in [4.69, 9.17) is 4.74 Å². The van der Waals surface area contributed by atoms with Gasteiger partial charge in [-0.05, 0) is 37.1 Å². The fraction of sp³-hybridized carbons (Fsp3) is 0.467. The van der Waals surface area contributed by atoms with E-state index in [9.17, 15) is 0 Å². The maximum absolute atomic E-state index is 5.27. The average Bonchev–Trinajstić information content (AvgIpc) is 3.09. The van der Waals surface area contributed by atoms with Gasteiger partial charge in [0.15, 0.2) is 0 Å². The van der Waals surface area contributed by atoms with Crippen molar-refractivity contribution in [2.45, 2.75) is 38.9 Å². The van der Waals surface area contributed by atoms with Crippen LogP contribution in [0.15, 0.2) is 22.7 Å². The Morgan fingerprint density at radius 1 is 1.43 bits per heavy atom. The molecule has 0 saturated carbocycles. The molecule has 1 aromatic heterocycles. The predicted octanol–water partition coefficient (Wildman–Crippen LogP) is 2.85. The summed E-state index contributed by atoms with van der Waals surface area (Å²) in [7, 11) is 1.68. The molecule has 6 heteroatoms. The second kappa shape index (κ2) is 6.15. The SMILES string of the molecule is COc1ccc(Br)c(CNC(C)c2nnc3n2CCC3)c1. The first kappa shape index (κ1) is 14.5.